The lowest BCUT2D eigenvalue weighted by molar-refractivity contribution is 0.00738. The van der Waals surface area contributed by atoms with Crippen molar-refractivity contribution in [1.29, 1.82) is 0 Å². The second kappa shape index (κ2) is 3.93. The van der Waals surface area contributed by atoms with Crippen LogP contribution in [0.15, 0.2) is 0 Å². The van der Waals surface area contributed by atoms with Gasteiger partial charge in [0.25, 0.3) is 0 Å². The van der Waals surface area contributed by atoms with Crippen molar-refractivity contribution < 1.29 is 4.74 Å². The Hall–Kier alpha value is -0.520. The van der Waals surface area contributed by atoms with Crippen molar-refractivity contribution in [3.05, 3.63) is 0 Å². The average Bonchev–Trinajstić information content (AvgIpc) is 2.06. The minimum atomic E-state index is 0.0124. The van der Waals surface area contributed by atoms with Gasteiger partial charge in [-0.3, -0.25) is 4.90 Å². The maximum absolute atomic E-state index is 5.28. The van der Waals surface area contributed by atoms with Gasteiger partial charge in [0.2, 0.25) is 0 Å². The maximum Gasteiger partial charge on any atom is 0.0770 e. The Morgan fingerprint density at radius 2 is 1.83 bits per heavy atom. The molecular weight excluding hydrogens is 150 g/mol. The first-order valence-corrected chi connectivity index (χ1v) is 4.43. The van der Waals surface area contributed by atoms with Gasteiger partial charge in [-0.1, -0.05) is 5.92 Å². The highest BCUT2D eigenvalue weighted by Gasteiger charge is 2.25. The van der Waals surface area contributed by atoms with Crippen LogP contribution >= 0.6 is 0 Å². The van der Waals surface area contributed by atoms with E-state index in [1.165, 1.54) is 0 Å². The molecule has 0 radical (unpaired) electrons. The van der Waals surface area contributed by atoms with Crippen molar-refractivity contribution in [2.45, 2.75) is 26.3 Å². The van der Waals surface area contributed by atoms with Crippen molar-refractivity contribution in [2.24, 2.45) is 0 Å². The van der Waals surface area contributed by atoms with Gasteiger partial charge in [-0.2, -0.15) is 0 Å². The van der Waals surface area contributed by atoms with E-state index in [9.17, 15) is 0 Å². The van der Waals surface area contributed by atoms with Crippen molar-refractivity contribution in [2.75, 3.05) is 26.3 Å². The predicted octanol–water partition coefficient (Wildman–Crippen LogP) is 1.12. The summed E-state index contributed by atoms with van der Waals surface area (Å²) in [4.78, 5) is 2.37. The van der Waals surface area contributed by atoms with Crippen LogP contribution in [0.4, 0.5) is 0 Å². The first-order valence-electron chi connectivity index (χ1n) is 4.43. The molecule has 0 atom stereocenters. The van der Waals surface area contributed by atoms with Crippen LogP contribution in [-0.4, -0.2) is 36.7 Å². The topological polar surface area (TPSA) is 12.5 Å². The molecule has 0 N–H and O–H groups in total. The number of hydrogen-bond donors (Lipinski definition) is 0. The van der Waals surface area contributed by atoms with Crippen molar-refractivity contribution in [3.63, 3.8) is 0 Å². The SMILES string of the molecule is CC#CC(C)(C)N1CCOCC1. The maximum atomic E-state index is 5.28. The zero-order valence-corrected chi connectivity index (χ0v) is 8.18. The van der Waals surface area contributed by atoms with Crippen LogP contribution in [0.5, 0.6) is 0 Å². The fourth-order valence-corrected chi connectivity index (χ4v) is 1.51. The van der Waals surface area contributed by atoms with E-state index < -0.39 is 0 Å². The van der Waals surface area contributed by atoms with Gasteiger partial charge in [-0.05, 0) is 20.8 Å². The Morgan fingerprint density at radius 1 is 1.25 bits per heavy atom. The molecule has 0 bridgehead atoms. The molecule has 0 aromatic carbocycles. The number of hydrogen-bond acceptors (Lipinski definition) is 2. The van der Waals surface area contributed by atoms with Gasteiger partial charge in [0, 0.05) is 13.1 Å². The molecule has 1 fully saturated rings. The van der Waals surface area contributed by atoms with E-state index in [2.05, 4.69) is 30.6 Å². The average molecular weight is 167 g/mol. The van der Waals surface area contributed by atoms with E-state index in [0.29, 0.717) is 0 Å². The molecule has 2 nitrogen and oxygen atoms in total. The van der Waals surface area contributed by atoms with E-state index in [1.807, 2.05) is 6.92 Å². The summed E-state index contributed by atoms with van der Waals surface area (Å²) in [6.45, 7) is 9.90. The second-order valence-electron chi connectivity index (χ2n) is 3.53. The zero-order chi connectivity index (χ0) is 9.03. The summed E-state index contributed by atoms with van der Waals surface area (Å²) < 4.78 is 5.28. The first kappa shape index (κ1) is 9.57. The summed E-state index contributed by atoms with van der Waals surface area (Å²) in [6, 6.07) is 0. The van der Waals surface area contributed by atoms with E-state index in [0.717, 1.165) is 26.3 Å². The third-order valence-electron chi connectivity index (χ3n) is 2.23. The van der Waals surface area contributed by atoms with Crippen LogP contribution in [0.2, 0.25) is 0 Å². The molecule has 1 rings (SSSR count). The minimum Gasteiger partial charge on any atom is -0.379 e. The van der Waals surface area contributed by atoms with Gasteiger partial charge in [0.15, 0.2) is 0 Å². The summed E-state index contributed by atoms with van der Waals surface area (Å²) in [6.07, 6.45) is 0. The lowest BCUT2D eigenvalue weighted by atomic mass is 10.0. The highest BCUT2D eigenvalue weighted by atomic mass is 16.5. The Kier molecular flexibility index (Phi) is 3.13. The molecule has 1 saturated heterocycles. The monoisotopic (exact) mass is 167 g/mol. The molecule has 68 valence electrons. The lowest BCUT2D eigenvalue weighted by Crippen LogP contribution is -2.49. The third kappa shape index (κ3) is 2.23. The Bertz CT molecular complexity index is 194. The summed E-state index contributed by atoms with van der Waals surface area (Å²) in [7, 11) is 0. The standard InChI is InChI=1S/C10H17NO/c1-4-5-10(2,3)11-6-8-12-9-7-11/h6-9H2,1-3H3. The highest BCUT2D eigenvalue weighted by molar-refractivity contribution is 5.13. The number of morpholine rings is 1. The predicted molar refractivity (Wildman–Crippen MR) is 49.9 cm³/mol. The first-order chi connectivity index (χ1) is 5.67. The van der Waals surface area contributed by atoms with Crippen LogP contribution in [0.1, 0.15) is 20.8 Å². The van der Waals surface area contributed by atoms with Crippen LogP contribution in [0.3, 0.4) is 0 Å². The molecule has 1 aliphatic heterocycles. The molecule has 0 saturated carbocycles. The van der Waals surface area contributed by atoms with Crippen LogP contribution in [-0.2, 0) is 4.74 Å². The highest BCUT2D eigenvalue weighted by Crippen LogP contribution is 2.14. The third-order valence-corrected chi connectivity index (χ3v) is 2.23. The molecule has 0 spiro atoms. The second-order valence-corrected chi connectivity index (χ2v) is 3.53. The van der Waals surface area contributed by atoms with E-state index >= 15 is 0 Å². The Morgan fingerprint density at radius 3 is 2.33 bits per heavy atom. The van der Waals surface area contributed by atoms with Gasteiger partial charge >= 0.3 is 0 Å². The number of rotatable bonds is 1. The van der Waals surface area contributed by atoms with Crippen LogP contribution in [0, 0.1) is 11.8 Å². The Balaban J connectivity index is 2.57. The largest absolute Gasteiger partial charge is 0.379 e. The molecule has 0 aromatic heterocycles. The fourth-order valence-electron chi connectivity index (χ4n) is 1.51. The summed E-state index contributed by atoms with van der Waals surface area (Å²) >= 11 is 0. The smallest absolute Gasteiger partial charge is 0.0770 e. The van der Waals surface area contributed by atoms with E-state index in [4.69, 9.17) is 4.74 Å². The number of ether oxygens (including phenoxy) is 1. The summed E-state index contributed by atoms with van der Waals surface area (Å²) in [5.74, 6) is 6.18. The molecule has 0 aliphatic carbocycles. The molecule has 1 heterocycles. The quantitative estimate of drug-likeness (QED) is 0.543. The molecule has 0 amide bonds. The molecular formula is C10H17NO. The Labute approximate surface area is 74.9 Å². The molecule has 12 heavy (non-hydrogen) atoms. The van der Waals surface area contributed by atoms with Gasteiger partial charge in [-0.25, -0.2) is 0 Å². The molecule has 0 unspecified atom stereocenters. The number of nitrogens with zero attached hydrogens (tertiary/aromatic N) is 1. The molecule has 2 heteroatoms. The summed E-state index contributed by atoms with van der Waals surface area (Å²) in [5.41, 5.74) is 0.0124. The van der Waals surface area contributed by atoms with Gasteiger partial charge < -0.3 is 4.74 Å². The zero-order valence-electron chi connectivity index (χ0n) is 8.18. The fraction of sp³-hybridized carbons (Fsp3) is 0.800. The van der Waals surface area contributed by atoms with Gasteiger partial charge in [0.05, 0.1) is 18.8 Å². The lowest BCUT2D eigenvalue weighted by Gasteiger charge is -2.37. The van der Waals surface area contributed by atoms with Crippen molar-refractivity contribution >= 4 is 0 Å². The van der Waals surface area contributed by atoms with Crippen molar-refractivity contribution in [1.82, 2.24) is 4.90 Å². The van der Waals surface area contributed by atoms with Crippen LogP contribution < -0.4 is 0 Å². The van der Waals surface area contributed by atoms with E-state index in [1.54, 1.807) is 0 Å². The van der Waals surface area contributed by atoms with Gasteiger partial charge in [-0.15, -0.1) is 5.92 Å². The minimum absolute atomic E-state index is 0.0124. The normalized spacial score (nSPS) is 19.9. The summed E-state index contributed by atoms with van der Waals surface area (Å²) in [5, 5.41) is 0. The van der Waals surface area contributed by atoms with Crippen LogP contribution in [0.25, 0.3) is 0 Å². The molecule has 0 aromatic rings. The van der Waals surface area contributed by atoms with Crippen molar-refractivity contribution in [3.8, 4) is 11.8 Å². The molecule has 1 aliphatic rings. The van der Waals surface area contributed by atoms with E-state index in [-0.39, 0.29) is 5.54 Å². The van der Waals surface area contributed by atoms with Gasteiger partial charge in [0.1, 0.15) is 0 Å².